The first kappa shape index (κ1) is 10.5. The number of nitriles is 1. The molecule has 0 aliphatic heterocycles. The van der Waals surface area contributed by atoms with Crippen LogP contribution in [0.3, 0.4) is 0 Å². The summed E-state index contributed by atoms with van der Waals surface area (Å²) in [5.74, 6) is 0. The van der Waals surface area contributed by atoms with Gasteiger partial charge in [0, 0.05) is 15.5 Å². The van der Waals surface area contributed by atoms with E-state index in [0.29, 0.717) is 5.02 Å². The fraction of sp³-hybridized carbons (Fsp3) is 0.222. The summed E-state index contributed by atoms with van der Waals surface area (Å²) in [7, 11) is 0. The largest absolute Gasteiger partial charge is 0.323 e. The lowest BCUT2D eigenvalue weighted by Gasteiger charge is -2.09. The Labute approximate surface area is 90.4 Å². The maximum Gasteiger partial charge on any atom is 0.0641 e. The molecule has 0 aliphatic rings. The van der Waals surface area contributed by atoms with E-state index in [9.17, 15) is 0 Å². The van der Waals surface area contributed by atoms with E-state index in [1.54, 1.807) is 6.07 Å². The molecular weight excluding hydrogens is 251 g/mol. The second-order valence-electron chi connectivity index (χ2n) is 2.63. The molecule has 1 rings (SSSR count). The van der Waals surface area contributed by atoms with Crippen molar-refractivity contribution in [2.24, 2.45) is 5.73 Å². The lowest BCUT2D eigenvalue weighted by Crippen LogP contribution is -2.09. The molecule has 1 atom stereocenters. The van der Waals surface area contributed by atoms with Crippen LogP contribution in [0.5, 0.6) is 0 Å². The number of hydrogen-bond acceptors (Lipinski definition) is 2. The van der Waals surface area contributed by atoms with E-state index >= 15 is 0 Å². The van der Waals surface area contributed by atoms with Crippen molar-refractivity contribution in [2.75, 3.05) is 0 Å². The molecule has 68 valence electrons. The highest BCUT2D eigenvalue weighted by molar-refractivity contribution is 9.10. The van der Waals surface area contributed by atoms with E-state index in [2.05, 4.69) is 15.9 Å². The van der Waals surface area contributed by atoms with Gasteiger partial charge in [-0.2, -0.15) is 5.26 Å². The summed E-state index contributed by atoms with van der Waals surface area (Å²) in [5, 5.41) is 9.06. The van der Waals surface area contributed by atoms with E-state index in [0.717, 1.165) is 10.0 Å². The SMILES string of the molecule is N#CC[C@@H](N)c1ccc(Br)cc1Cl. The smallest absolute Gasteiger partial charge is 0.0641 e. The Morgan fingerprint density at radius 1 is 1.62 bits per heavy atom. The molecule has 0 bridgehead atoms. The molecule has 2 nitrogen and oxygen atoms in total. The Morgan fingerprint density at radius 3 is 2.85 bits per heavy atom. The van der Waals surface area contributed by atoms with Gasteiger partial charge in [0.25, 0.3) is 0 Å². The molecule has 1 aromatic rings. The van der Waals surface area contributed by atoms with Gasteiger partial charge in [0.05, 0.1) is 12.5 Å². The molecule has 1 aromatic carbocycles. The maximum absolute atomic E-state index is 8.46. The zero-order valence-corrected chi connectivity index (χ0v) is 9.14. The Hall–Kier alpha value is -0.560. The van der Waals surface area contributed by atoms with Gasteiger partial charge in [-0.1, -0.05) is 33.6 Å². The van der Waals surface area contributed by atoms with E-state index < -0.39 is 0 Å². The van der Waals surface area contributed by atoms with Crippen molar-refractivity contribution in [1.82, 2.24) is 0 Å². The van der Waals surface area contributed by atoms with E-state index in [4.69, 9.17) is 22.6 Å². The van der Waals surface area contributed by atoms with Crippen LogP contribution >= 0.6 is 27.5 Å². The summed E-state index contributed by atoms with van der Waals surface area (Å²) in [6.07, 6.45) is 0.279. The molecule has 0 aliphatic carbocycles. The van der Waals surface area contributed by atoms with E-state index in [-0.39, 0.29) is 12.5 Å². The molecular formula is C9H8BrClN2. The van der Waals surface area contributed by atoms with Gasteiger partial charge in [0.15, 0.2) is 0 Å². The first-order valence-electron chi connectivity index (χ1n) is 3.72. The summed E-state index contributed by atoms with van der Waals surface area (Å²) >= 11 is 9.23. The van der Waals surface area contributed by atoms with E-state index in [1.807, 2.05) is 18.2 Å². The van der Waals surface area contributed by atoms with Gasteiger partial charge in [0.1, 0.15) is 0 Å². The lowest BCUT2D eigenvalue weighted by atomic mass is 10.1. The molecule has 0 spiro atoms. The zero-order chi connectivity index (χ0) is 9.84. The minimum atomic E-state index is -0.300. The van der Waals surface area contributed by atoms with Gasteiger partial charge in [-0.05, 0) is 17.7 Å². The first-order valence-corrected chi connectivity index (χ1v) is 4.89. The average molecular weight is 260 g/mol. The Balaban J connectivity index is 2.96. The summed E-state index contributed by atoms with van der Waals surface area (Å²) in [6, 6.07) is 7.17. The number of halogens is 2. The topological polar surface area (TPSA) is 49.8 Å². The maximum atomic E-state index is 8.46. The fourth-order valence-corrected chi connectivity index (χ4v) is 1.82. The molecule has 13 heavy (non-hydrogen) atoms. The van der Waals surface area contributed by atoms with Crippen LogP contribution in [0.1, 0.15) is 18.0 Å². The third kappa shape index (κ3) is 2.70. The molecule has 0 amide bonds. The summed E-state index contributed by atoms with van der Waals surface area (Å²) in [4.78, 5) is 0. The number of nitrogens with two attached hydrogens (primary N) is 1. The third-order valence-electron chi connectivity index (χ3n) is 1.67. The quantitative estimate of drug-likeness (QED) is 0.887. The molecule has 0 saturated carbocycles. The van der Waals surface area contributed by atoms with Crippen molar-refractivity contribution >= 4 is 27.5 Å². The van der Waals surface area contributed by atoms with Gasteiger partial charge in [-0.3, -0.25) is 0 Å². The molecule has 0 aromatic heterocycles. The van der Waals surface area contributed by atoms with Crippen LogP contribution in [0.15, 0.2) is 22.7 Å². The van der Waals surface area contributed by atoms with Crippen molar-refractivity contribution in [2.45, 2.75) is 12.5 Å². The van der Waals surface area contributed by atoms with Crippen LogP contribution in [0.4, 0.5) is 0 Å². The van der Waals surface area contributed by atoms with Crippen molar-refractivity contribution < 1.29 is 0 Å². The Kier molecular flexibility index (Phi) is 3.73. The average Bonchev–Trinajstić information content (AvgIpc) is 2.04. The Morgan fingerprint density at radius 2 is 2.31 bits per heavy atom. The van der Waals surface area contributed by atoms with Crippen LogP contribution < -0.4 is 5.73 Å². The van der Waals surface area contributed by atoms with Crippen LogP contribution in [-0.2, 0) is 0 Å². The van der Waals surface area contributed by atoms with Gasteiger partial charge in [0.2, 0.25) is 0 Å². The number of rotatable bonds is 2. The van der Waals surface area contributed by atoms with Crippen LogP contribution in [0.25, 0.3) is 0 Å². The normalized spacial score (nSPS) is 12.2. The molecule has 0 saturated heterocycles. The van der Waals surface area contributed by atoms with Crippen molar-refractivity contribution in [1.29, 1.82) is 5.26 Å². The molecule has 0 radical (unpaired) electrons. The standard InChI is InChI=1S/C9H8BrClN2/c10-6-1-2-7(8(11)5-6)9(13)3-4-12/h1-2,5,9H,3,13H2/t9-/m1/s1. The third-order valence-corrected chi connectivity index (χ3v) is 2.49. The van der Waals surface area contributed by atoms with E-state index in [1.165, 1.54) is 0 Å². The van der Waals surface area contributed by atoms with Gasteiger partial charge >= 0.3 is 0 Å². The zero-order valence-electron chi connectivity index (χ0n) is 6.80. The number of hydrogen-bond donors (Lipinski definition) is 1. The summed E-state index contributed by atoms with van der Waals surface area (Å²) in [6.45, 7) is 0. The predicted octanol–water partition coefficient (Wildman–Crippen LogP) is 3.02. The first-order chi connectivity index (χ1) is 6.15. The molecule has 0 heterocycles. The second-order valence-corrected chi connectivity index (χ2v) is 3.96. The fourth-order valence-electron chi connectivity index (χ4n) is 1.01. The number of benzene rings is 1. The molecule has 0 fully saturated rings. The molecule has 0 unspecified atom stereocenters. The van der Waals surface area contributed by atoms with Crippen LogP contribution in [0, 0.1) is 11.3 Å². The number of nitrogens with zero attached hydrogens (tertiary/aromatic N) is 1. The lowest BCUT2D eigenvalue weighted by molar-refractivity contribution is 0.748. The second kappa shape index (κ2) is 4.61. The van der Waals surface area contributed by atoms with Crippen molar-refractivity contribution in [3.8, 4) is 6.07 Å². The van der Waals surface area contributed by atoms with Crippen molar-refractivity contribution in [3.63, 3.8) is 0 Å². The Bertz CT molecular complexity index is 346. The van der Waals surface area contributed by atoms with Crippen molar-refractivity contribution in [3.05, 3.63) is 33.3 Å². The molecule has 2 N–H and O–H groups in total. The monoisotopic (exact) mass is 258 g/mol. The minimum Gasteiger partial charge on any atom is -0.323 e. The predicted molar refractivity (Wildman–Crippen MR) is 56.3 cm³/mol. The highest BCUT2D eigenvalue weighted by Gasteiger charge is 2.09. The van der Waals surface area contributed by atoms with Gasteiger partial charge in [-0.25, -0.2) is 0 Å². The molecule has 4 heteroatoms. The minimum absolute atomic E-state index is 0.279. The van der Waals surface area contributed by atoms with Crippen LogP contribution in [-0.4, -0.2) is 0 Å². The van der Waals surface area contributed by atoms with Gasteiger partial charge in [-0.15, -0.1) is 0 Å². The highest BCUT2D eigenvalue weighted by atomic mass is 79.9. The van der Waals surface area contributed by atoms with Crippen LogP contribution in [0.2, 0.25) is 5.02 Å². The highest BCUT2D eigenvalue weighted by Crippen LogP contribution is 2.26. The summed E-state index contributed by atoms with van der Waals surface area (Å²) in [5.41, 5.74) is 6.55. The van der Waals surface area contributed by atoms with Gasteiger partial charge < -0.3 is 5.73 Å². The summed E-state index contributed by atoms with van der Waals surface area (Å²) < 4.78 is 0.908.